The van der Waals surface area contributed by atoms with Gasteiger partial charge in [-0.25, -0.2) is 13.8 Å². The molecule has 1 aliphatic rings. The predicted molar refractivity (Wildman–Crippen MR) is 123 cm³/mol. The number of carbonyl (C=O) groups excluding carboxylic acids is 1. The van der Waals surface area contributed by atoms with Gasteiger partial charge in [0.1, 0.15) is 0 Å². The molecule has 9 heteroatoms. The van der Waals surface area contributed by atoms with Crippen molar-refractivity contribution in [1.29, 1.82) is 0 Å². The molecule has 7 nitrogen and oxygen atoms in total. The number of rotatable bonds is 9. The van der Waals surface area contributed by atoms with Crippen LogP contribution in [0.3, 0.4) is 0 Å². The molecule has 1 amide bonds. The van der Waals surface area contributed by atoms with Gasteiger partial charge in [0.2, 0.25) is 0 Å². The number of nitrogens with zero attached hydrogens (tertiary/aromatic N) is 2. The Labute approximate surface area is 190 Å². The average molecular weight is 453 g/mol. The van der Waals surface area contributed by atoms with Gasteiger partial charge in [0, 0.05) is 43.0 Å². The van der Waals surface area contributed by atoms with Gasteiger partial charge in [-0.15, -0.1) is 0 Å². The molecule has 4 rings (SSSR count). The van der Waals surface area contributed by atoms with Crippen LogP contribution in [0.15, 0.2) is 49.2 Å². The summed E-state index contributed by atoms with van der Waals surface area (Å²) < 4.78 is 34.6. The first-order valence-electron chi connectivity index (χ1n) is 10.5. The summed E-state index contributed by atoms with van der Waals surface area (Å²) in [5.41, 5.74) is 8.61. The van der Waals surface area contributed by atoms with Crippen molar-refractivity contribution in [2.45, 2.75) is 18.9 Å². The maximum atomic E-state index is 14.2. The Morgan fingerprint density at radius 3 is 2.61 bits per heavy atom. The molecule has 172 valence electrons. The molecule has 0 unspecified atom stereocenters. The van der Waals surface area contributed by atoms with Crippen LogP contribution in [-0.2, 0) is 4.74 Å². The molecular formula is C24H25F2N5O2. The van der Waals surface area contributed by atoms with Crippen LogP contribution in [0.2, 0.25) is 0 Å². The number of carbonyl (C=O) groups is 1. The van der Waals surface area contributed by atoms with Crippen LogP contribution >= 0.6 is 0 Å². The maximum absolute atomic E-state index is 14.2. The summed E-state index contributed by atoms with van der Waals surface area (Å²) in [6.45, 7) is 4.95. The highest BCUT2D eigenvalue weighted by Crippen LogP contribution is 2.31. The van der Waals surface area contributed by atoms with Gasteiger partial charge in [-0.05, 0) is 25.0 Å². The monoisotopic (exact) mass is 453 g/mol. The van der Waals surface area contributed by atoms with Crippen LogP contribution < -0.4 is 16.4 Å². The lowest BCUT2D eigenvalue weighted by atomic mass is 10.1. The molecule has 0 saturated heterocycles. The van der Waals surface area contributed by atoms with Crippen molar-refractivity contribution in [1.82, 2.24) is 20.2 Å². The molecule has 33 heavy (non-hydrogen) atoms. The fourth-order valence-electron chi connectivity index (χ4n) is 3.43. The van der Waals surface area contributed by atoms with E-state index in [1.807, 2.05) is 0 Å². The quantitative estimate of drug-likeness (QED) is 0.341. The number of nitrogen functional groups attached to an aromatic ring is 1. The molecule has 1 heterocycles. The Bertz CT molecular complexity index is 1190. The normalized spacial score (nSPS) is 13.1. The summed E-state index contributed by atoms with van der Waals surface area (Å²) in [7, 11) is 1.58. The molecule has 4 N–H and O–H groups in total. The van der Waals surface area contributed by atoms with Gasteiger partial charge in [-0.1, -0.05) is 18.7 Å². The summed E-state index contributed by atoms with van der Waals surface area (Å²) in [5.74, 6) is -1.81. The summed E-state index contributed by atoms with van der Waals surface area (Å²) >= 11 is 0. The molecule has 1 aromatic heterocycles. The molecule has 1 aliphatic carbocycles. The number of benzene rings is 2. The van der Waals surface area contributed by atoms with Crippen molar-refractivity contribution in [2.24, 2.45) is 0 Å². The van der Waals surface area contributed by atoms with E-state index in [9.17, 15) is 13.6 Å². The second-order valence-electron chi connectivity index (χ2n) is 7.85. The minimum absolute atomic E-state index is 0.0412. The Kier molecular flexibility index (Phi) is 6.41. The van der Waals surface area contributed by atoms with Crippen LogP contribution in [0.5, 0.6) is 0 Å². The molecule has 2 aromatic carbocycles. The van der Waals surface area contributed by atoms with Crippen molar-refractivity contribution in [2.75, 3.05) is 26.0 Å². The van der Waals surface area contributed by atoms with Crippen LogP contribution in [0.4, 0.5) is 14.5 Å². The number of ether oxygens (including phenoxy) is 1. The molecule has 0 spiro atoms. The molecule has 1 saturated carbocycles. The first-order valence-corrected chi connectivity index (χ1v) is 10.5. The topological polar surface area (TPSA) is 94.2 Å². The lowest BCUT2D eigenvalue weighted by Gasteiger charge is -2.17. The zero-order valence-corrected chi connectivity index (χ0v) is 18.2. The average Bonchev–Trinajstić information content (AvgIpc) is 3.51. The highest BCUT2D eigenvalue weighted by molar-refractivity contribution is 5.95. The number of aromatic nitrogens is 2. The number of methoxy groups -OCH3 is 1. The maximum Gasteiger partial charge on any atom is 0.251 e. The van der Waals surface area contributed by atoms with E-state index in [1.165, 1.54) is 0 Å². The molecule has 0 aliphatic heterocycles. The number of halogens is 2. The van der Waals surface area contributed by atoms with Crippen LogP contribution in [0.25, 0.3) is 22.6 Å². The van der Waals surface area contributed by atoms with Gasteiger partial charge >= 0.3 is 0 Å². The summed E-state index contributed by atoms with van der Waals surface area (Å²) in [4.78, 5) is 16.8. The first-order chi connectivity index (χ1) is 15.9. The lowest BCUT2D eigenvalue weighted by Crippen LogP contribution is -2.25. The molecule has 3 aromatic rings. The number of nitrogens with two attached hydrogens (primary N) is 1. The third kappa shape index (κ3) is 4.88. The van der Waals surface area contributed by atoms with Crippen LogP contribution in [0.1, 0.15) is 29.0 Å². The van der Waals surface area contributed by atoms with Gasteiger partial charge in [0.25, 0.3) is 5.91 Å². The fourth-order valence-corrected chi connectivity index (χ4v) is 3.43. The van der Waals surface area contributed by atoms with E-state index in [1.54, 1.807) is 42.1 Å². The first kappa shape index (κ1) is 22.5. The van der Waals surface area contributed by atoms with Gasteiger partial charge in [0.05, 0.1) is 35.6 Å². The molecule has 0 radical (unpaired) electrons. The second-order valence-corrected chi connectivity index (χ2v) is 7.85. The van der Waals surface area contributed by atoms with Crippen molar-refractivity contribution >= 4 is 17.3 Å². The Hall–Kier alpha value is -3.72. The standard InChI is InChI=1S/C24H25F2N5O2/c1-14(28-9-10-33-2)23-29-13-22(31(23)21-12-19(26)18(25)11-20(21)27)15-3-5-16(6-4-15)24(32)30-17-7-8-17/h3-6,11-13,17,28H,1,7-10,27H2,2H3,(H,30,32). The van der Waals surface area contributed by atoms with E-state index in [0.29, 0.717) is 41.5 Å². The molecule has 1 fully saturated rings. The number of nitrogens with one attached hydrogen (secondary N) is 2. The van der Waals surface area contributed by atoms with Gasteiger partial charge in [0.15, 0.2) is 17.5 Å². The third-order valence-corrected chi connectivity index (χ3v) is 5.34. The van der Waals surface area contributed by atoms with Crippen LogP contribution in [0, 0.1) is 11.6 Å². The van der Waals surface area contributed by atoms with Gasteiger partial charge in [-0.3, -0.25) is 9.36 Å². The largest absolute Gasteiger partial charge is 0.397 e. The fraction of sp³-hybridized carbons (Fsp3) is 0.250. The SMILES string of the molecule is C=C(NCCOC)c1ncc(-c2ccc(C(=O)NC3CC3)cc2)n1-c1cc(F)c(F)cc1N. The number of hydrogen-bond acceptors (Lipinski definition) is 5. The predicted octanol–water partition coefficient (Wildman–Crippen LogP) is 3.50. The van der Waals surface area contributed by atoms with E-state index < -0.39 is 11.6 Å². The van der Waals surface area contributed by atoms with Crippen molar-refractivity contribution in [3.63, 3.8) is 0 Å². The highest BCUT2D eigenvalue weighted by Gasteiger charge is 2.24. The van der Waals surface area contributed by atoms with Gasteiger partial charge < -0.3 is 21.1 Å². The van der Waals surface area contributed by atoms with E-state index in [0.717, 1.165) is 25.0 Å². The van der Waals surface area contributed by atoms with Crippen LogP contribution in [-0.4, -0.2) is 41.8 Å². The lowest BCUT2D eigenvalue weighted by molar-refractivity contribution is 0.0951. The second kappa shape index (κ2) is 9.41. The Balaban J connectivity index is 1.74. The molecule has 0 bridgehead atoms. The number of amides is 1. The minimum Gasteiger partial charge on any atom is -0.397 e. The highest BCUT2D eigenvalue weighted by atomic mass is 19.2. The molecule has 0 atom stereocenters. The van der Waals surface area contributed by atoms with E-state index in [4.69, 9.17) is 10.5 Å². The zero-order chi connectivity index (χ0) is 23.5. The van der Waals surface area contributed by atoms with E-state index >= 15 is 0 Å². The summed E-state index contributed by atoms with van der Waals surface area (Å²) in [5, 5.41) is 6.05. The summed E-state index contributed by atoms with van der Waals surface area (Å²) in [6.07, 6.45) is 3.60. The third-order valence-electron chi connectivity index (χ3n) is 5.34. The summed E-state index contributed by atoms with van der Waals surface area (Å²) in [6, 6.07) is 9.19. The Morgan fingerprint density at radius 2 is 1.94 bits per heavy atom. The smallest absolute Gasteiger partial charge is 0.251 e. The number of hydrogen-bond donors (Lipinski definition) is 3. The number of imidazole rings is 1. The zero-order valence-electron chi connectivity index (χ0n) is 18.2. The van der Waals surface area contributed by atoms with E-state index in [2.05, 4.69) is 22.2 Å². The van der Waals surface area contributed by atoms with Crippen molar-refractivity contribution in [3.8, 4) is 16.9 Å². The minimum atomic E-state index is -1.04. The van der Waals surface area contributed by atoms with Crippen molar-refractivity contribution in [3.05, 3.63) is 72.2 Å². The van der Waals surface area contributed by atoms with E-state index in [-0.39, 0.29) is 23.3 Å². The Morgan fingerprint density at radius 1 is 1.24 bits per heavy atom. The molecular weight excluding hydrogens is 428 g/mol. The van der Waals surface area contributed by atoms with Gasteiger partial charge in [-0.2, -0.15) is 0 Å². The van der Waals surface area contributed by atoms with Crippen molar-refractivity contribution < 1.29 is 18.3 Å². The number of anilines is 1.